The highest BCUT2D eigenvalue weighted by Gasteiger charge is 2.16. The Bertz CT molecular complexity index is 386. The second-order valence-corrected chi connectivity index (χ2v) is 5.39. The van der Waals surface area contributed by atoms with E-state index >= 15 is 0 Å². The van der Waals surface area contributed by atoms with Crippen molar-refractivity contribution in [3.63, 3.8) is 0 Å². The van der Waals surface area contributed by atoms with Crippen molar-refractivity contribution < 1.29 is 9.47 Å². The van der Waals surface area contributed by atoms with Gasteiger partial charge in [0, 0.05) is 25.1 Å². The third kappa shape index (κ3) is 4.31. The highest BCUT2D eigenvalue weighted by Crippen LogP contribution is 2.25. The molecule has 1 aromatic carbocycles. The van der Waals surface area contributed by atoms with Crippen LogP contribution in [-0.2, 0) is 4.74 Å². The van der Waals surface area contributed by atoms with Crippen LogP contribution in [0.2, 0.25) is 0 Å². The lowest BCUT2D eigenvalue weighted by molar-refractivity contribution is 0.00536. The van der Waals surface area contributed by atoms with Crippen LogP contribution in [0.15, 0.2) is 18.2 Å². The third-order valence-electron chi connectivity index (χ3n) is 3.17. The predicted molar refractivity (Wildman–Crippen MR) is 75.0 cm³/mol. The Labute approximate surface area is 110 Å². The predicted octanol–water partition coefficient (Wildman–Crippen LogP) is 3.21. The van der Waals surface area contributed by atoms with Gasteiger partial charge in [-0.15, -0.1) is 0 Å². The van der Waals surface area contributed by atoms with Gasteiger partial charge in [0.25, 0.3) is 0 Å². The van der Waals surface area contributed by atoms with Crippen LogP contribution in [-0.4, -0.2) is 19.3 Å². The monoisotopic (exact) mass is 251 g/mol. The topological polar surface area (TPSA) is 44.5 Å². The van der Waals surface area contributed by atoms with Crippen LogP contribution in [0.3, 0.4) is 0 Å². The Morgan fingerprint density at radius 3 is 2.56 bits per heavy atom. The second kappa shape index (κ2) is 6.21. The van der Waals surface area contributed by atoms with Crippen LogP contribution in [0.5, 0.6) is 5.75 Å². The molecule has 0 fully saturated rings. The molecule has 0 aliphatic heterocycles. The highest BCUT2D eigenvalue weighted by atomic mass is 16.5. The summed E-state index contributed by atoms with van der Waals surface area (Å²) in [5.74, 6) is 0.877. The lowest BCUT2D eigenvalue weighted by Gasteiger charge is -2.23. The minimum Gasteiger partial charge on any atom is -0.493 e. The van der Waals surface area contributed by atoms with E-state index in [1.165, 1.54) is 5.56 Å². The molecule has 0 aromatic heterocycles. The quantitative estimate of drug-likeness (QED) is 0.844. The average Bonchev–Trinajstić information content (AvgIpc) is 2.30. The molecular formula is C15H25NO2. The van der Waals surface area contributed by atoms with Gasteiger partial charge in [0.2, 0.25) is 0 Å². The van der Waals surface area contributed by atoms with Gasteiger partial charge >= 0.3 is 0 Å². The minimum absolute atomic E-state index is 0.0182. The van der Waals surface area contributed by atoms with E-state index in [4.69, 9.17) is 15.2 Å². The summed E-state index contributed by atoms with van der Waals surface area (Å²) in [6, 6.07) is 6.10. The van der Waals surface area contributed by atoms with Crippen molar-refractivity contribution in [2.45, 2.75) is 45.8 Å². The second-order valence-electron chi connectivity index (χ2n) is 5.39. The van der Waals surface area contributed by atoms with Gasteiger partial charge in [0.05, 0.1) is 12.2 Å². The van der Waals surface area contributed by atoms with Crippen LogP contribution in [0.25, 0.3) is 0 Å². The Morgan fingerprint density at radius 1 is 1.33 bits per heavy atom. The fraction of sp³-hybridized carbons (Fsp3) is 0.600. The Kier molecular flexibility index (Phi) is 5.17. The molecule has 0 bridgehead atoms. The summed E-state index contributed by atoms with van der Waals surface area (Å²) < 4.78 is 11.2. The summed E-state index contributed by atoms with van der Waals surface area (Å²) >= 11 is 0. The summed E-state index contributed by atoms with van der Waals surface area (Å²) in [7, 11) is 1.72. The van der Waals surface area contributed by atoms with Crippen molar-refractivity contribution in [2.75, 3.05) is 13.7 Å². The van der Waals surface area contributed by atoms with Crippen molar-refractivity contribution in [3.8, 4) is 5.75 Å². The molecule has 0 unspecified atom stereocenters. The summed E-state index contributed by atoms with van der Waals surface area (Å²) in [6.45, 7) is 8.77. The summed E-state index contributed by atoms with van der Waals surface area (Å²) in [5, 5.41) is 0. The highest BCUT2D eigenvalue weighted by molar-refractivity contribution is 5.38. The molecule has 0 saturated carbocycles. The molecule has 0 spiro atoms. The summed E-state index contributed by atoms with van der Waals surface area (Å²) in [5.41, 5.74) is 8.07. The van der Waals surface area contributed by atoms with Gasteiger partial charge in [-0.2, -0.15) is 0 Å². The fourth-order valence-corrected chi connectivity index (χ4v) is 1.66. The van der Waals surface area contributed by atoms with Crippen molar-refractivity contribution in [3.05, 3.63) is 29.3 Å². The number of ether oxygens (including phenoxy) is 2. The van der Waals surface area contributed by atoms with Gasteiger partial charge < -0.3 is 15.2 Å². The number of methoxy groups -OCH3 is 1. The zero-order chi connectivity index (χ0) is 13.8. The first-order chi connectivity index (χ1) is 8.35. The zero-order valence-corrected chi connectivity index (χ0v) is 12.1. The first-order valence-electron chi connectivity index (χ1n) is 6.40. The molecule has 1 rings (SSSR count). The van der Waals surface area contributed by atoms with E-state index in [9.17, 15) is 0 Å². The summed E-state index contributed by atoms with van der Waals surface area (Å²) in [6.07, 6.45) is 0.843. The number of nitrogens with two attached hydrogens (primary N) is 1. The molecule has 0 heterocycles. The van der Waals surface area contributed by atoms with Crippen molar-refractivity contribution in [2.24, 2.45) is 5.73 Å². The Balaban J connectivity index is 2.67. The van der Waals surface area contributed by atoms with Crippen molar-refractivity contribution >= 4 is 0 Å². The normalized spacial score (nSPS) is 13.4. The molecule has 3 heteroatoms. The smallest absolute Gasteiger partial charge is 0.124 e. The molecule has 0 saturated heterocycles. The molecule has 1 atom stereocenters. The van der Waals surface area contributed by atoms with E-state index in [2.05, 4.69) is 26.8 Å². The van der Waals surface area contributed by atoms with Gasteiger partial charge in [-0.1, -0.05) is 17.7 Å². The molecule has 0 aliphatic rings. The van der Waals surface area contributed by atoms with Crippen LogP contribution < -0.4 is 10.5 Å². The van der Waals surface area contributed by atoms with E-state index < -0.39 is 0 Å². The largest absolute Gasteiger partial charge is 0.493 e. The number of hydrogen-bond acceptors (Lipinski definition) is 3. The van der Waals surface area contributed by atoms with Gasteiger partial charge in [-0.3, -0.25) is 0 Å². The maximum absolute atomic E-state index is 5.96. The number of benzene rings is 1. The number of hydrogen-bond donors (Lipinski definition) is 1. The fourth-order valence-electron chi connectivity index (χ4n) is 1.66. The van der Waals surface area contributed by atoms with Gasteiger partial charge in [-0.25, -0.2) is 0 Å². The van der Waals surface area contributed by atoms with E-state index in [1.54, 1.807) is 7.11 Å². The van der Waals surface area contributed by atoms with Crippen LogP contribution >= 0.6 is 0 Å². The molecule has 0 amide bonds. The van der Waals surface area contributed by atoms with Gasteiger partial charge in [0.1, 0.15) is 5.75 Å². The zero-order valence-electron chi connectivity index (χ0n) is 12.1. The molecule has 102 valence electrons. The number of aryl methyl sites for hydroxylation is 1. The summed E-state index contributed by atoms with van der Waals surface area (Å²) in [4.78, 5) is 0. The van der Waals surface area contributed by atoms with E-state index in [-0.39, 0.29) is 11.6 Å². The van der Waals surface area contributed by atoms with Crippen LogP contribution in [0.1, 0.15) is 44.4 Å². The average molecular weight is 251 g/mol. The van der Waals surface area contributed by atoms with Gasteiger partial charge in [0.15, 0.2) is 0 Å². The number of rotatable bonds is 6. The van der Waals surface area contributed by atoms with E-state index in [0.717, 1.165) is 17.7 Å². The van der Waals surface area contributed by atoms with E-state index in [1.807, 2.05) is 19.1 Å². The molecular weight excluding hydrogens is 226 g/mol. The standard InChI is InChI=1S/C15H25NO2/c1-11-6-7-14(13(10-11)12(2)16)18-9-8-15(3,4)17-5/h6-7,10,12H,8-9,16H2,1-5H3/t12-/m1/s1. The Morgan fingerprint density at radius 2 is 2.00 bits per heavy atom. The SMILES string of the molecule is COC(C)(C)CCOc1ccc(C)cc1[C@@H](C)N. The lowest BCUT2D eigenvalue weighted by atomic mass is 10.0. The van der Waals surface area contributed by atoms with Crippen molar-refractivity contribution in [1.82, 2.24) is 0 Å². The minimum atomic E-state index is -0.154. The third-order valence-corrected chi connectivity index (χ3v) is 3.17. The Hall–Kier alpha value is -1.06. The van der Waals surface area contributed by atoms with Crippen LogP contribution in [0, 0.1) is 6.92 Å². The first-order valence-corrected chi connectivity index (χ1v) is 6.40. The molecule has 2 N–H and O–H groups in total. The van der Waals surface area contributed by atoms with E-state index in [0.29, 0.717) is 6.61 Å². The lowest BCUT2D eigenvalue weighted by Crippen LogP contribution is -2.25. The molecule has 3 nitrogen and oxygen atoms in total. The molecule has 0 aliphatic carbocycles. The van der Waals surface area contributed by atoms with Crippen molar-refractivity contribution in [1.29, 1.82) is 0 Å². The maximum Gasteiger partial charge on any atom is 0.124 e. The first kappa shape index (κ1) is 15.0. The maximum atomic E-state index is 5.96. The van der Waals surface area contributed by atoms with Crippen LogP contribution in [0.4, 0.5) is 0 Å². The molecule has 1 aromatic rings. The molecule has 0 radical (unpaired) electrons. The van der Waals surface area contributed by atoms with Gasteiger partial charge in [-0.05, 0) is 33.8 Å². The molecule has 18 heavy (non-hydrogen) atoms.